The number of rotatable bonds is 8. The van der Waals surface area contributed by atoms with Gasteiger partial charge in [0.1, 0.15) is 22.9 Å². The summed E-state index contributed by atoms with van der Waals surface area (Å²) in [5.74, 6) is -3.97. The van der Waals surface area contributed by atoms with E-state index in [0.29, 0.717) is 29.1 Å². The second-order valence-electron chi connectivity index (χ2n) is 8.83. The highest BCUT2D eigenvalue weighted by atomic mass is 19.3. The van der Waals surface area contributed by atoms with Gasteiger partial charge < -0.3 is 4.74 Å². The van der Waals surface area contributed by atoms with Crippen LogP contribution in [0, 0.1) is 40.9 Å². The van der Waals surface area contributed by atoms with Crippen LogP contribution in [-0.4, -0.2) is 9.97 Å². The van der Waals surface area contributed by atoms with E-state index >= 15 is 0 Å². The maximum absolute atomic E-state index is 14.7. The molecule has 3 aromatic carbocycles. The molecule has 1 heterocycles. The van der Waals surface area contributed by atoms with Crippen LogP contribution in [0.5, 0.6) is 5.75 Å². The van der Waals surface area contributed by atoms with E-state index in [-0.39, 0.29) is 17.7 Å². The fraction of sp³-hybridized carbons (Fsp3) is 0.200. The highest BCUT2D eigenvalue weighted by Crippen LogP contribution is 2.37. The molecule has 0 radical (unpaired) electrons. The summed E-state index contributed by atoms with van der Waals surface area (Å²) in [6.07, 6.45) is 2.99. The van der Waals surface area contributed by atoms with Crippen LogP contribution in [0.15, 0.2) is 60.9 Å². The summed E-state index contributed by atoms with van der Waals surface area (Å²) in [7, 11) is 0. The maximum Gasteiger partial charge on any atom is 0.432 e. The minimum Gasteiger partial charge on any atom is -0.429 e. The van der Waals surface area contributed by atoms with E-state index in [0.717, 1.165) is 31.2 Å². The Labute approximate surface area is 225 Å². The van der Waals surface area contributed by atoms with Gasteiger partial charge in [-0.15, -0.1) is 0 Å². The monoisotopic (exact) mass is 558 g/mol. The number of alkyl halides is 2. The fourth-order valence-corrected chi connectivity index (χ4v) is 3.81. The zero-order chi connectivity index (χ0) is 28.9. The van der Waals surface area contributed by atoms with Gasteiger partial charge in [0.2, 0.25) is 5.82 Å². The predicted molar refractivity (Wildman–Crippen MR) is 134 cm³/mol. The average Bonchev–Trinajstić information content (AvgIpc) is 2.91. The largest absolute Gasteiger partial charge is 0.432 e. The van der Waals surface area contributed by atoms with Crippen molar-refractivity contribution in [3.8, 4) is 28.7 Å². The van der Waals surface area contributed by atoms with Gasteiger partial charge in [-0.2, -0.15) is 8.78 Å². The number of nitrogens with zero attached hydrogens (tertiary/aromatic N) is 2. The summed E-state index contributed by atoms with van der Waals surface area (Å²) in [4.78, 5) is 8.46. The molecule has 0 unspecified atom stereocenters. The van der Waals surface area contributed by atoms with Gasteiger partial charge in [-0.1, -0.05) is 37.8 Å². The molecule has 1 aromatic heterocycles. The van der Waals surface area contributed by atoms with Crippen molar-refractivity contribution in [3.05, 3.63) is 113 Å². The van der Waals surface area contributed by atoms with Crippen molar-refractivity contribution in [1.82, 2.24) is 9.97 Å². The third-order valence-electron chi connectivity index (χ3n) is 5.85. The summed E-state index contributed by atoms with van der Waals surface area (Å²) in [5.41, 5.74) is 0.0386. The number of hydrogen-bond donors (Lipinski definition) is 0. The van der Waals surface area contributed by atoms with Crippen molar-refractivity contribution in [2.75, 3.05) is 0 Å². The summed E-state index contributed by atoms with van der Waals surface area (Å²) >= 11 is 0. The molecule has 40 heavy (non-hydrogen) atoms. The summed E-state index contributed by atoms with van der Waals surface area (Å²) < 4.78 is 102. The van der Waals surface area contributed by atoms with Gasteiger partial charge >= 0.3 is 6.11 Å². The van der Waals surface area contributed by atoms with Gasteiger partial charge in [0, 0.05) is 30.1 Å². The molecule has 0 amide bonds. The minimum absolute atomic E-state index is 0.0603. The first-order valence-electron chi connectivity index (χ1n) is 12.2. The zero-order valence-electron chi connectivity index (χ0n) is 21.1. The Morgan fingerprint density at radius 2 is 1.35 bits per heavy atom. The Hall–Kier alpha value is -4.39. The first-order chi connectivity index (χ1) is 19.1. The molecule has 0 saturated heterocycles. The van der Waals surface area contributed by atoms with Crippen molar-refractivity contribution >= 4 is 0 Å². The molecule has 0 fully saturated rings. The standard InChI is InChI=1S/C30H21F7N2O/c1-2-3-4-5-19-16-38-27(39-17-19)11-8-18-6-9-20(10-7-18)21-12-23(31)28(24(32)13-21)30(36,37)40-22-14-25(33)29(35)26(34)15-22/h6-7,9-10,12-17H,2-5H2,1H3. The molecule has 0 aliphatic carbocycles. The number of ether oxygens (including phenoxy) is 1. The van der Waals surface area contributed by atoms with Crippen molar-refractivity contribution < 1.29 is 35.5 Å². The maximum atomic E-state index is 14.7. The van der Waals surface area contributed by atoms with Crippen LogP contribution in [0.1, 0.15) is 48.7 Å². The van der Waals surface area contributed by atoms with Crippen molar-refractivity contribution in [2.24, 2.45) is 0 Å². The van der Waals surface area contributed by atoms with Gasteiger partial charge in [-0.05, 0) is 59.7 Å². The number of halogens is 7. The van der Waals surface area contributed by atoms with Gasteiger partial charge in [-0.3, -0.25) is 0 Å². The molecule has 0 bridgehead atoms. The first-order valence-corrected chi connectivity index (χ1v) is 12.2. The molecule has 0 spiro atoms. The third kappa shape index (κ3) is 6.78. The number of benzene rings is 3. The van der Waals surface area contributed by atoms with Crippen LogP contribution in [0.2, 0.25) is 0 Å². The molecule has 10 heteroatoms. The molecule has 3 nitrogen and oxygen atoms in total. The molecular formula is C30H21F7N2O. The fourth-order valence-electron chi connectivity index (χ4n) is 3.81. The van der Waals surface area contributed by atoms with Crippen LogP contribution in [0.4, 0.5) is 30.7 Å². The van der Waals surface area contributed by atoms with Crippen LogP contribution in [0.3, 0.4) is 0 Å². The molecular weight excluding hydrogens is 537 g/mol. The van der Waals surface area contributed by atoms with Crippen molar-refractivity contribution in [2.45, 2.75) is 38.7 Å². The lowest BCUT2D eigenvalue weighted by molar-refractivity contribution is -0.189. The average molecular weight is 558 g/mol. The Kier molecular flexibility index (Phi) is 8.73. The number of aryl methyl sites for hydroxylation is 1. The number of hydrogen-bond acceptors (Lipinski definition) is 3. The molecule has 0 aliphatic rings. The first kappa shape index (κ1) is 28.6. The van der Waals surface area contributed by atoms with E-state index < -0.39 is 46.5 Å². The molecule has 4 aromatic rings. The van der Waals surface area contributed by atoms with Crippen molar-refractivity contribution in [3.63, 3.8) is 0 Å². The van der Waals surface area contributed by atoms with E-state index in [9.17, 15) is 30.7 Å². The molecule has 0 saturated carbocycles. The summed E-state index contributed by atoms with van der Waals surface area (Å²) in [5, 5.41) is 0. The van der Waals surface area contributed by atoms with Gasteiger partial charge in [0.05, 0.1) is 0 Å². The second-order valence-corrected chi connectivity index (χ2v) is 8.83. The molecule has 0 aliphatic heterocycles. The van der Waals surface area contributed by atoms with Crippen molar-refractivity contribution in [1.29, 1.82) is 0 Å². The zero-order valence-corrected chi connectivity index (χ0v) is 21.1. The smallest absolute Gasteiger partial charge is 0.429 e. The van der Waals surface area contributed by atoms with Crippen LogP contribution in [-0.2, 0) is 12.5 Å². The highest BCUT2D eigenvalue weighted by Gasteiger charge is 2.41. The normalized spacial score (nSPS) is 11.2. The lowest BCUT2D eigenvalue weighted by Crippen LogP contribution is -2.25. The van der Waals surface area contributed by atoms with Gasteiger partial charge in [0.25, 0.3) is 0 Å². The van der Waals surface area contributed by atoms with E-state index in [1.807, 2.05) is 0 Å². The lowest BCUT2D eigenvalue weighted by atomic mass is 10.0. The van der Waals surface area contributed by atoms with E-state index in [1.54, 1.807) is 24.5 Å². The van der Waals surface area contributed by atoms with Crippen LogP contribution < -0.4 is 4.74 Å². The van der Waals surface area contributed by atoms with E-state index in [1.165, 1.54) is 12.1 Å². The molecule has 206 valence electrons. The Morgan fingerprint density at radius 3 is 1.93 bits per heavy atom. The lowest BCUT2D eigenvalue weighted by Gasteiger charge is -2.20. The van der Waals surface area contributed by atoms with Gasteiger partial charge in [-0.25, -0.2) is 31.9 Å². The summed E-state index contributed by atoms with van der Waals surface area (Å²) in [6, 6.07) is 7.73. The van der Waals surface area contributed by atoms with Gasteiger partial charge in [0.15, 0.2) is 17.5 Å². The molecule has 0 N–H and O–H groups in total. The number of unbranched alkanes of at least 4 members (excludes halogenated alkanes) is 2. The van der Waals surface area contributed by atoms with Crippen LogP contribution >= 0.6 is 0 Å². The SMILES string of the molecule is CCCCCc1cnc(C#Cc2ccc(-c3cc(F)c(C(F)(F)Oc4cc(F)c(F)c(F)c4)c(F)c3)cc2)nc1. The topological polar surface area (TPSA) is 35.0 Å². The molecule has 0 atom stereocenters. The van der Waals surface area contributed by atoms with E-state index in [4.69, 9.17) is 0 Å². The molecule has 4 rings (SSSR count). The Bertz CT molecular complexity index is 1510. The minimum atomic E-state index is -4.67. The summed E-state index contributed by atoms with van der Waals surface area (Å²) in [6.45, 7) is 2.13. The highest BCUT2D eigenvalue weighted by molar-refractivity contribution is 5.65. The second kappa shape index (κ2) is 12.2. The Balaban J connectivity index is 1.49. The quantitative estimate of drug-likeness (QED) is 0.0949. The predicted octanol–water partition coefficient (Wildman–Crippen LogP) is 8.10. The Morgan fingerprint density at radius 1 is 0.750 bits per heavy atom. The van der Waals surface area contributed by atoms with Crippen LogP contribution in [0.25, 0.3) is 11.1 Å². The van der Waals surface area contributed by atoms with E-state index in [2.05, 4.69) is 33.5 Å². The third-order valence-corrected chi connectivity index (χ3v) is 5.85. The number of aromatic nitrogens is 2.